The number of primary amides is 1. The first kappa shape index (κ1) is 14.0. The Balaban J connectivity index is 3.30. The number of halogens is 1. The van der Waals surface area contributed by atoms with E-state index in [1.54, 1.807) is 0 Å². The summed E-state index contributed by atoms with van der Waals surface area (Å²) in [4.78, 5) is 33.0. The molecule has 0 aliphatic rings. The SMILES string of the molecule is CC(=O)Nc1cc(OC(C)=O)c(C(N)=O)cc1Cl. The molecule has 0 spiro atoms. The minimum absolute atomic E-state index is 0.0377. The summed E-state index contributed by atoms with van der Waals surface area (Å²) in [5.41, 5.74) is 5.32. The second-order valence-electron chi connectivity index (χ2n) is 3.47. The Kier molecular flexibility index (Phi) is 4.28. The van der Waals surface area contributed by atoms with Crippen LogP contribution in [0, 0.1) is 0 Å². The smallest absolute Gasteiger partial charge is 0.308 e. The first-order valence-electron chi connectivity index (χ1n) is 4.90. The second-order valence-corrected chi connectivity index (χ2v) is 3.87. The standard InChI is InChI=1S/C11H11ClN2O4/c1-5(15)14-9-4-10(18-6(2)16)7(11(13)17)3-8(9)12/h3-4H,1-2H3,(H2,13,17)(H,14,15). The summed E-state index contributed by atoms with van der Waals surface area (Å²) in [5.74, 6) is -1.81. The molecular weight excluding hydrogens is 260 g/mol. The van der Waals surface area contributed by atoms with Gasteiger partial charge < -0.3 is 15.8 Å². The van der Waals surface area contributed by atoms with Crippen molar-refractivity contribution in [3.8, 4) is 5.75 Å². The number of amides is 2. The predicted octanol–water partition coefficient (Wildman–Crippen LogP) is 1.32. The highest BCUT2D eigenvalue weighted by atomic mass is 35.5. The molecule has 0 saturated carbocycles. The van der Waals surface area contributed by atoms with Crippen LogP contribution in [-0.2, 0) is 9.59 Å². The van der Waals surface area contributed by atoms with Gasteiger partial charge in [-0.1, -0.05) is 11.6 Å². The number of hydrogen-bond donors (Lipinski definition) is 2. The molecule has 2 amide bonds. The first-order chi connectivity index (χ1) is 8.31. The van der Waals surface area contributed by atoms with Crippen molar-refractivity contribution in [2.75, 3.05) is 5.32 Å². The molecule has 96 valence electrons. The Morgan fingerprint density at radius 1 is 1.28 bits per heavy atom. The predicted molar refractivity (Wildman–Crippen MR) is 65.6 cm³/mol. The molecule has 1 aromatic rings. The number of anilines is 1. The first-order valence-corrected chi connectivity index (χ1v) is 5.28. The number of esters is 1. The van der Waals surface area contributed by atoms with E-state index in [0.717, 1.165) is 0 Å². The molecule has 6 nitrogen and oxygen atoms in total. The fraction of sp³-hybridized carbons (Fsp3) is 0.182. The highest BCUT2D eigenvalue weighted by Gasteiger charge is 2.16. The van der Waals surface area contributed by atoms with Crippen molar-refractivity contribution in [1.29, 1.82) is 0 Å². The third kappa shape index (κ3) is 3.46. The number of nitrogens with two attached hydrogens (primary N) is 1. The van der Waals surface area contributed by atoms with Gasteiger partial charge in [-0.3, -0.25) is 14.4 Å². The lowest BCUT2D eigenvalue weighted by Crippen LogP contribution is -2.15. The van der Waals surface area contributed by atoms with Crippen molar-refractivity contribution in [3.05, 3.63) is 22.7 Å². The molecule has 18 heavy (non-hydrogen) atoms. The van der Waals surface area contributed by atoms with Crippen LogP contribution in [0.5, 0.6) is 5.75 Å². The van der Waals surface area contributed by atoms with Crippen molar-refractivity contribution in [1.82, 2.24) is 0 Å². The highest BCUT2D eigenvalue weighted by Crippen LogP contribution is 2.31. The van der Waals surface area contributed by atoms with E-state index < -0.39 is 11.9 Å². The number of ether oxygens (including phenoxy) is 1. The zero-order valence-electron chi connectivity index (χ0n) is 9.74. The fourth-order valence-electron chi connectivity index (χ4n) is 1.27. The topological polar surface area (TPSA) is 98.5 Å². The minimum atomic E-state index is -0.789. The molecule has 7 heteroatoms. The van der Waals surface area contributed by atoms with Crippen LogP contribution in [0.4, 0.5) is 5.69 Å². The quantitative estimate of drug-likeness (QED) is 0.639. The summed E-state index contributed by atoms with van der Waals surface area (Å²) in [6.07, 6.45) is 0. The van der Waals surface area contributed by atoms with Gasteiger partial charge in [-0.15, -0.1) is 0 Å². The Labute approximate surface area is 108 Å². The van der Waals surface area contributed by atoms with E-state index in [-0.39, 0.29) is 27.9 Å². The Morgan fingerprint density at radius 3 is 2.33 bits per heavy atom. The minimum Gasteiger partial charge on any atom is -0.426 e. The van der Waals surface area contributed by atoms with Crippen molar-refractivity contribution < 1.29 is 19.1 Å². The van der Waals surface area contributed by atoms with Gasteiger partial charge in [-0.05, 0) is 6.07 Å². The zero-order chi connectivity index (χ0) is 13.9. The van der Waals surface area contributed by atoms with Crippen LogP contribution in [0.2, 0.25) is 5.02 Å². The van der Waals surface area contributed by atoms with Crippen LogP contribution in [0.1, 0.15) is 24.2 Å². The summed E-state index contributed by atoms with van der Waals surface area (Å²) in [6, 6.07) is 2.50. The van der Waals surface area contributed by atoms with Gasteiger partial charge in [0.1, 0.15) is 5.75 Å². The van der Waals surface area contributed by atoms with Crippen molar-refractivity contribution in [3.63, 3.8) is 0 Å². The van der Waals surface area contributed by atoms with Crippen LogP contribution in [-0.4, -0.2) is 17.8 Å². The number of carbonyl (C=O) groups is 3. The molecule has 0 atom stereocenters. The normalized spacial score (nSPS) is 9.72. The maximum Gasteiger partial charge on any atom is 0.308 e. The Morgan fingerprint density at radius 2 is 1.89 bits per heavy atom. The lowest BCUT2D eigenvalue weighted by atomic mass is 10.1. The number of carbonyl (C=O) groups excluding carboxylic acids is 3. The van der Waals surface area contributed by atoms with E-state index in [4.69, 9.17) is 22.1 Å². The van der Waals surface area contributed by atoms with Crippen LogP contribution >= 0.6 is 11.6 Å². The van der Waals surface area contributed by atoms with E-state index in [9.17, 15) is 14.4 Å². The van der Waals surface area contributed by atoms with Crippen LogP contribution in [0.3, 0.4) is 0 Å². The number of nitrogens with one attached hydrogen (secondary N) is 1. The maximum atomic E-state index is 11.2. The maximum absolute atomic E-state index is 11.2. The average Bonchev–Trinajstić information content (AvgIpc) is 2.20. The van der Waals surface area contributed by atoms with Crippen molar-refractivity contribution >= 4 is 35.1 Å². The molecule has 0 aliphatic carbocycles. The van der Waals surface area contributed by atoms with Gasteiger partial charge in [0, 0.05) is 19.9 Å². The molecule has 0 aliphatic heterocycles. The van der Waals surface area contributed by atoms with E-state index in [2.05, 4.69) is 5.32 Å². The molecule has 0 bridgehead atoms. The summed E-state index contributed by atoms with van der Waals surface area (Å²) in [7, 11) is 0. The van der Waals surface area contributed by atoms with E-state index in [1.165, 1.54) is 26.0 Å². The molecule has 0 aromatic heterocycles. The molecule has 0 saturated heterocycles. The van der Waals surface area contributed by atoms with Gasteiger partial charge in [-0.25, -0.2) is 0 Å². The molecular formula is C11H11ClN2O4. The lowest BCUT2D eigenvalue weighted by molar-refractivity contribution is -0.131. The number of hydrogen-bond acceptors (Lipinski definition) is 4. The molecule has 1 aromatic carbocycles. The molecule has 0 radical (unpaired) electrons. The molecule has 0 unspecified atom stereocenters. The van der Waals surface area contributed by atoms with Crippen LogP contribution < -0.4 is 15.8 Å². The summed E-state index contributed by atoms with van der Waals surface area (Å²) >= 11 is 5.86. The van der Waals surface area contributed by atoms with E-state index in [1.807, 2.05) is 0 Å². The van der Waals surface area contributed by atoms with Gasteiger partial charge in [0.2, 0.25) is 5.91 Å². The Bertz CT molecular complexity index is 528. The van der Waals surface area contributed by atoms with Gasteiger partial charge >= 0.3 is 5.97 Å². The summed E-state index contributed by atoms with van der Waals surface area (Å²) in [5, 5.41) is 2.56. The van der Waals surface area contributed by atoms with Crippen LogP contribution in [0.15, 0.2) is 12.1 Å². The second kappa shape index (κ2) is 5.50. The largest absolute Gasteiger partial charge is 0.426 e. The van der Waals surface area contributed by atoms with Gasteiger partial charge in [0.05, 0.1) is 16.3 Å². The average molecular weight is 271 g/mol. The van der Waals surface area contributed by atoms with Crippen molar-refractivity contribution in [2.45, 2.75) is 13.8 Å². The van der Waals surface area contributed by atoms with E-state index >= 15 is 0 Å². The molecule has 3 N–H and O–H groups in total. The van der Waals surface area contributed by atoms with Gasteiger partial charge in [0.25, 0.3) is 5.91 Å². The fourth-order valence-corrected chi connectivity index (χ4v) is 1.48. The van der Waals surface area contributed by atoms with Crippen molar-refractivity contribution in [2.24, 2.45) is 5.73 Å². The summed E-state index contributed by atoms with van der Waals surface area (Å²) in [6.45, 7) is 2.47. The van der Waals surface area contributed by atoms with E-state index in [0.29, 0.717) is 0 Å². The zero-order valence-corrected chi connectivity index (χ0v) is 10.5. The van der Waals surface area contributed by atoms with Gasteiger partial charge in [-0.2, -0.15) is 0 Å². The molecule has 0 heterocycles. The molecule has 0 fully saturated rings. The molecule has 1 rings (SSSR count). The van der Waals surface area contributed by atoms with Crippen LogP contribution in [0.25, 0.3) is 0 Å². The number of benzene rings is 1. The third-order valence-corrected chi connectivity index (χ3v) is 2.21. The highest BCUT2D eigenvalue weighted by molar-refractivity contribution is 6.34. The monoisotopic (exact) mass is 270 g/mol. The number of rotatable bonds is 3. The van der Waals surface area contributed by atoms with Gasteiger partial charge in [0.15, 0.2) is 0 Å². The third-order valence-electron chi connectivity index (χ3n) is 1.90. The lowest BCUT2D eigenvalue weighted by Gasteiger charge is -2.11. The summed E-state index contributed by atoms with van der Waals surface area (Å²) < 4.78 is 4.83. The Hall–Kier alpha value is -2.08.